The van der Waals surface area contributed by atoms with Gasteiger partial charge in [0.1, 0.15) is 0 Å². The summed E-state index contributed by atoms with van der Waals surface area (Å²) in [7, 11) is -3.20. The molecule has 1 aromatic rings. The van der Waals surface area contributed by atoms with E-state index in [9.17, 15) is 8.42 Å². The fourth-order valence-corrected chi connectivity index (χ4v) is 3.92. The minimum absolute atomic E-state index is 0.0245. The summed E-state index contributed by atoms with van der Waals surface area (Å²) >= 11 is 5.54. The number of fused-ring (bicyclic) bond motifs is 1. The summed E-state index contributed by atoms with van der Waals surface area (Å²) in [6.07, 6.45) is 1.82. The molecule has 0 N–H and O–H groups in total. The van der Waals surface area contributed by atoms with E-state index in [0.29, 0.717) is 13.1 Å². The van der Waals surface area contributed by atoms with Gasteiger partial charge >= 0.3 is 0 Å². The van der Waals surface area contributed by atoms with Gasteiger partial charge in [0.15, 0.2) is 0 Å². The zero-order valence-corrected chi connectivity index (χ0v) is 11.2. The number of rotatable bonds is 3. The van der Waals surface area contributed by atoms with Gasteiger partial charge in [0.2, 0.25) is 10.0 Å². The fourth-order valence-electron chi connectivity index (χ4n) is 2.13. The molecule has 0 saturated heterocycles. The molecule has 1 aromatic carbocycles. The minimum Gasteiger partial charge on any atom is -0.212 e. The van der Waals surface area contributed by atoms with Crippen LogP contribution in [-0.2, 0) is 23.0 Å². The van der Waals surface area contributed by atoms with E-state index in [4.69, 9.17) is 11.6 Å². The van der Waals surface area contributed by atoms with Crippen LogP contribution >= 0.6 is 11.6 Å². The molecule has 0 bridgehead atoms. The fraction of sp³-hybridized carbons (Fsp3) is 0.500. The van der Waals surface area contributed by atoms with Crippen LogP contribution in [0.4, 0.5) is 0 Å². The maximum absolute atomic E-state index is 12.0. The average Bonchev–Trinajstić information content (AvgIpc) is 2.51. The van der Waals surface area contributed by atoms with Crippen molar-refractivity contribution in [2.45, 2.75) is 19.4 Å². The van der Waals surface area contributed by atoms with Crippen molar-refractivity contribution in [1.29, 1.82) is 0 Å². The highest BCUT2D eigenvalue weighted by Crippen LogP contribution is 2.20. The number of benzene rings is 1. The standard InChI is InChI=1S/C12H16ClNO2S/c13-7-9-17(15,16)14-8-3-6-11-4-1-2-5-12(11)10-14/h1-2,4-5H,3,6-10H2. The highest BCUT2D eigenvalue weighted by Gasteiger charge is 2.24. The predicted molar refractivity (Wildman–Crippen MR) is 69.7 cm³/mol. The van der Waals surface area contributed by atoms with E-state index in [1.165, 1.54) is 5.56 Å². The molecule has 0 saturated carbocycles. The monoisotopic (exact) mass is 273 g/mol. The summed E-state index contributed by atoms with van der Waals surface area (Å²) in [6, 6.07) is 8.04. The second-order valence-corrected chi connectivity index (χ2v) is 6.68. The van der Waals surface area contributed by atoms with Crippen LogP contribution in [0.15, 0.2) is 24.3 Å². The number of nitrogens with zero attached hydrogens (tertiary/aromatic N) is 1. The van der Waals surface area contributed by atoms with Crippen molar-refractivity contribution in [3.63, 3.8) is 0 Å². The van der Waals surface area contributed by atoms with Crippen molar-refractivity contribution in [3.8, 4) is 0 Å². The average molecular weight is 274 g/mol. The Hall–Kier alpha value is -0.580. The molecule has 0 aromatic heterocycles. The summed E-state index contributed by atoms with van der Waals surface area (Å²) in [6.45, 7) is 1.07. The van der Waals surface area contributed by atoms with E-state index in [2.05, 4.69) is 6.07 Å². The first-order valence-electron chi connectivity index (χ1n) is 5.74. The van der Waals surface area contributed by atoms with Crippen LogP contribution in [0.3, 0.4) is 0 Å². The number of hydrogen-bond donors (Lipinski definition) is 0. The lowest BCUT2D eigenvalue weighted by molar-refractivity contribution is 0.411. The summed E-state index contributed by atoms with van der Waals surface area (Å²) in [5.41, 5.74) is 2.37. The van der Waals surface area contributed by atoms with Crippen LogP contribution < -0.4 is 0 Å². The van der Waals surface area contributed by atoms with Gasteiger partial charge in [-0.15, -0.1) is 11.6 Å². The molecule has 3 nitrogen and oxygen atoms in total. The summed E-state index contributed by atoms with van der Waals surface area (Å²) < 4.78 is 25.5. The number of aryl methyl sites for hydroxylation is 1. The van der Waals surface area contributed by atoms with Gasteiger partial charge < -0.3 is 0 Å². The van der Waals surface area contributed by atoms with Gasteiger partial charge in [-0.25, -0.2) is 8.42 Å². The summed E-state index contributed by atoms with van der Waals surface area (Å²) in [5, 5.41) is 0. The van der Waals surface area contributed by atoms with E-state index < -0.39 is 10.0 Å². The van der Waals surface area contributed by atoms with Crippen LogP contribution in [0.1, 0.15) is 17.5 Å². The van der Waals surface area contributed by atoms with Gasteiger partial charge in [0.25, 0.3) is 0 Å². The first-order chi connectivity index (χ1) is 8.13. The Morgan fingerprint density at radius 1 is 1.24 bits per heavy atom. The minimum atomic E-state index is -3.20. The molecule has 0 spiro atoms. The summed E-state index contributed by atoms with van der Waals surface area (Å²) in [5.74, 6) is 0.178. The molecule has 0 atom stereocenters. The van der Waals surface area contributed by atoms with Crippen molar-refractivity contribution in [3.05, 3.63) is 35.4 Å². The third-order valence-corrected chi connectivity index (χ3v) is 5.28. The van der Waals surface area contributed by atoms with Crippen molar-refractivity contribution < 1.29 is 8.42 Å². The Morgan fingerprint density at radius 2 is 1.94 bits per heavy atom. The van der Waals surface area contributed by atoms with Gasteiger partial charge in [-0.1, -0.05) is 24.3 Å². The van der Waals surface area contributed by atoms with Crippen molar-refractivity contribution in [2.24, 2.45) is 0 Å². The van der Waals surface area contributed by atoms with Crippen LogP contribution in [0, 0.1) is 0 Å². The molecule has 94 valence electrons. The lowest BCUT2D eigenvalue weighted by atomic mass is 10.0. The first kappa shape index (κ1) is 12.9. The lowest BCUT2D eigenvalue weighted by Crippen LogP contribution is -2.33. The van der Waals surface area contributed by atoms with Crippen LogP contribution in [0.5, 0.6) is 0 Å². The number of sulfonamides is 1. The Labute approximate surface area is 107 Å². The highest BCUT2D eigenvalue weighted by atomic mass is 35.5. The van der Waals surface area contributed by atoms with Crippen molar-refractivity contribution in [2.75, 3.05) is 18.2 Å². The zero-order valence-electron chi connectivity index (χ0n) is 9.60. The van der Waals surface area contributed by atoms with Crippen molar-refractivity contribution in [1.82, 2.24) is 4.31 Å². The number of alkyl halides is 1. The zero-order chi connectivity index (χ0) is 12.3. The third kappa shape index (κ3) is 3.00. The van der Waals surface area contributed by atoms with Gasteiger partial charge in [0, 0.05) is 19.0 Å². The normalized spacial score (nSPS) is 17.5. The maximum Gasteiger partial charge on any atom is 0.215 e. The molecule has 1 heterocycles. The Kier molecular flexibility index (Phi) is 4.07. The second-order valence-electron chi connectivity index (χ2n) is 4.21. The molecule has 5 heteroatoms. The third-order valence-electron chi connectivity index (χ3n) is 3.05. The van der Waals surface area contributed by atoms with E-state index in [1.807, 2.05) is 18.2 Å². The van der Waals surface area contributed by atoms with E-state index in [0.717, 1.165) is 18.4 Å². The van der Waals surface area contributed by atoms with E-state index >= 15 is 0 Å². The Balaban J connectivity index is 2.24. The van der Waals surface area contributed by atoms with Gasteiger partial charge in [0.05, 0.1) is 5.75 Å². The molecule has 1 aliphatic rings. The first-order valence-corrected chi connectivity index (χ1v) is 7.88. The molecule has 0 unspecified atom stereocenters. The number of hydrogen-bond acceptors (Lipinski definition) is 2. The maximum atomic E-state index is 12.0. The molecule has 1 aliphatic heterocycles. The van der Waals surface area contributed by atoms with Crippen molar-refractivity contribution >= 4 is 21.6 Å². The lowest BCUT2D eigenvalue weighted by Gasteiger charge is -2.19. The number of halogens is 1. The quantitative estimate of drug-likeness (QED) is 0.790. The van der Waals surface area contributed by atoms with Gasteiger partial charge in [-0.05, 0) is 24.0 Å². The SMILES string of the molecule is O=S(=O)(CCCl)N1CCCc2ccccc2C1. The second kappa shape index (κ2) is 5.38. The van der Waals surface area contributed by atoms with Gasteiger partial charge in [-0.2, -0.15) is 4.31 Å². The molecular formula is C12H16ClNO2S. The Bertz CT molecular complexity index is 487. The van der Waals surface area contributed by atoms with Crippen LogP contribution in [-0.4, -0.2) is 30.9 Å². The largest absolute Gasteiger partial charge is 0.215 e. The molecule has 0 amide bonds. The van der Waals surface area contributed by atoms with E-state index in [1.54, 1.807) is 4.31 Å². The predicted octanol–water partition coefficient (Wildman–Crippen LogP) is 2.00. The molecule has 2 rings (SSSR count). The molecule has 0 radical (unpaired) electrons. The molecule has 17 heavy (non-hydrogen) atoms. The molecule has 0 fully saturated rings. The molecule has 0 aliphatic carbocycles. The van der Waals surface area contributed by atoms with E-state index in [-0.39, 0.29) is 11.6 Å². The summed E-state index contributed by atoms with van der Waals surface area (Å²) in [4.78, 5) is 0. The molecular weight excluding hydrogens is 258 g/mol. The highest BCUT2D eigenvalue weighted by molar-refractivity contribution is 7.89. The smallest absolute Gasteiger partial charge is 0.212 e. The van der Waals surface area contributed by atoms with Crippen LogP contribution in [0.25, 0.3) is 0 Å². The Morgan fingerprint density at radius 3 is 2.65 bits per heavy atom. The topological polar surface area (TPSA) is 37.4 Å². The van der Waals surface area contributed by atoms with Crippen LogP contribution in [0.2, 0.25) is 0 Å². The van der Waals surface area contributed by atoms with Gasteiger partial charge in [-0.3, -0.25) is 0 Å².